The minimum atomic E-state index is -3.16. The molecule has 204 valence electrons. The number of carbonyl (C=O) groups is 1. The minimum Gasteiger partial charge on any atom is -0.378 e. The molecule has 0 atom stereocenters. The van der Waals surface area contributed by atoms with Gasteiger partial charge in [0.1, 0.15) is 5.52 Å². The predicted molar refractivity (Wildman–Crippen MR) is 146 cm³/mol. The maximum atomic E-state index is 11.9. The number of piperazine rings is 1. The van der Waals surface area contributed by atoms with Crippen LogP contribution < -0.4 is 15.5 Å². The summed E-state index contributed by atoms with van der Waals surface area (Å²) < 4.78 is 32.7. The summed E-state index contributed by atoms with van der Waals surface area (Å²) in [7, 11) is -3.16. The van der Waals surface area contributed by atoms with Crippen molar-refractivity contribution in [2.45, 2.75) is 13.5 Å². The van der Waals surface area contributed by atoms with Crippen molar-refractivity contribution in [1.29, 1.82) is 0 Å². The molecule has 0 radical (unpaired) electrons. The molecule has 0 unspecified atom stereocenters. The van der Waals surface area contributed by atoms with Gasteiger partial charge in [0.25, 0.3) is 0 Å². The van der Waals surface area contributed by atoms with Crippen molar-refractivity contribution in [2.75, 3.05) is 75.5 Å². The Morgan fingerprint density at radius 2 is 1.76 bits per heavy atom. The molecular formula is C25H34N8O4S. The van der Waals surface area contributed by atoms with E-state index in [1.807, 2.05) is 41.9 Å². The molecular weight excluding hydrogens is 508 g/mol. The molecule has 0 saturated carbocycles. The summed E-state index contributed by atoms with van der Waals surface area (Å²) in [6, 6.07) is 9.35. The van der Waals surface area contributed by atoms with Gasteiger partial charge in [-0.2, -0.15) is 4.31 Å². The van der Waals surface area contributed by atoms with Crippen molar-refractivity contribution in [3.8, 4) is 11.4 Å². The van der Waals surface area contributed by atoms with Crippen LogP contribution in [0.5, 0.6) is 0 Å². The van der Waals surface area contributed by atoms with Crippen LogP contribution in [0.1, 0.15) is 12.5 Å². The molecule has 13 heteroatoms. The van der Waals surface area contributed by atoms with E-state index in [0.717, 1.165) is 35.6 Å². The van der Waals surface area contributed by atoms with Crippen LogP contribution >= 0.6 is 0 Å². The molecule has 38 heavy (non-hydrogen) atoms. The van der Waals surface area contributed by atoms with Crippen molar-refractivity contribution in [2.24, 2.45) is 0 Å². The lowest BCUT2D eigenvalue weighted by Crippen LogP contribution is -2.47. The molecule has 3 aromatic rings. The summed E-state index contributed by atoms with van der Waals surface area (Å²) in [4.78, 5) is 21.3. The first-order valence-corrected chi connectivity index (χ1v) is 14.7. The number of hydrogen-bond acceptors (Lipinski definition) is 8. The van der Waals surface area contributed by atoms with Gasteiger partial charge in [0.15, 0.2) is 11.6 Å². The Kier molecular flexibility index (Phi) is 7.79. The first-order chi connectivity index (χ1) is 18.3. The number of carbonyl (C=O) groups excluding carboxylic acids is 1. The Bertz CT molecular complexity index is 1380. The van der Waals surface area contributed by atoms with Gasteiger partial charge in [-0.3, -0.25) is 4.90 Å². The summed E-state index contributed by atoms with van der Waals surface area (Å²) in [6.45, 7) is 8.27. The van der Waals surface area contributed by atoms with Crippen LogP contribution in [-0.2, 0) is 21.3 Å². The van der Waals surface area contributed by atoms with E-state index >= 15 is 0 Å². The molecule has 2 saturated heterocycles. The van der Waals surface area contributed by atoms with Crippen LogP contribution in [0, 0.1) is 0 Å². The van der Waals surface area contributed by atoms with Crippen molar-refractivity contribution < 1.29 is 17.9 Å². The van der Waals surface area contributed by atoms with Crippen LogP contribution in [-0.4, -0.2) is 104 Å². The van der Waals surface area contributed by atoms with E-state index < -0.39 is 10.0 Å². The SMILES string of the molecule is CCNC(=O)Nc1ccc(-c2nc(N3CCOCC3)c3cc(CN4CCN(S(C)(=O)=O)CC4)cn3n2)cc1. The normalized spacial score (nSPS) is 17.6. The zero-order valence-electron chi connectivity index (χ0n) is 21.8. The molecule has 2 aliphatic heterocycles. The zero-order valence-corrected chi connectivity index (χ0v) is 22.6. The number of aromatic nitrogens is 3. The molecule has 0 bridgehead atoms. The average Bonchev–Trinajstić information content (AvgIpc) is 3.31. The number of morpholine rings is 1. The summed E-state index contributed by atoms with van der Waals surface area (Å²) in [5.74, 6) is 1.45. The number of nitrogens with zero attached hydrogens (tertiary/aromatic N) is 6. The molecule has 2 fully saturated rings. The fourth-order valence-corrected chi connectivity index (χ4v) is 5.60. The number of anilines is 2. The lowest BCUT2D eigenvalue weighted by molar-refractivity contribution is 0.122. The van der Waals surface area contributed by atoms with E-state index in [1.54, 1.807) is 0 Å². The Hall–Kier alpha value is -3.26. The molecule has 0 aliphatic carbocycles. The number of benzene rings is 1. The van der Waals surface area contributed by atoms with Crippen molar-refractivity contribution in [3.63, 3.8) is 0 Å². The van der Waals surface area contributed by atoms with Gasteiger partial charge in [-0.25, -0.2) is 22.7 Å². The summed E-state index contributed by atoms with van der Waals surface area (Å²) in [5, 5.41) is 10.3. The smallest absolute Gasteiger partial charge is 0.319 e. The third-order valence-corrected chi connectivity index (χ3v) is 8.06. The molecule has 2 aromatic heterocycles. The van der Waals surface area contributed by atoms with Gasteiger partial charge >= 0.3 is 6.03 Å². The zero-order chi connectivity index (χ0) is 26.7. The van der Waals surface area contributed by atoms with Crippen LogP contribution in [0.2, 0.25) is 0 Å². The monoisotopic (exact) mass is 542 g/mol. The van der Waals surface area contributed by atoms with Crippen LogP contribution in [0.4, 0.5) is 16.3 Å². The Labute approximate surface area is 222 Å². The number of rotatable bonds is 7. The number of ether oxygens (including phenoxy) is 1. The topological polar surface area (TPSA) is 124 Å². The maximum Gasteiger partial charge on any atom is 0.319 e. The Morgan fingerprint density at radius 1 is 1.05 bits per heavy atom. The molecule has 0 spiro atoms. The van der Waals surface area contributed by atoms with E-state index in [9.17, 15) is 13.2 Å². The summed E-state index contributed by atoms with van der Waals surface area (Å²) in [5.41, 5.74) is 3.55. The van der Waals surface area contributed by atoms with Crippen LogP contribution in [0.25, 0.3) is 16.9 Å². The van der Waals surface area contributed by atoms with Crippen molar-refractivity contribution in [3.05, 3.63) is 42.1 Å². The Balaban J connectivity index is 1.40. The summed E-state index contributed by atoms with van der Waals surface area (Å²) in [6.07, 6.45) is 3.29. The lowest BCUT2D eigenvalue weighted by Gasteiger charge is -2.32. The van der Waals surface area contributed by atoms with E-state index in [0.29, 0.717) is 64.0 Å². The van der Waals surface area contributed by atoms with E-state index in [2.05, 4.69) is 26.5 Å². The molecule has 5 rings (SSSR count). The maximum absolute atomic E-state index is 11.9. The second kappa shape index (κ2) is 11.2. The third kappa shape index (κ3) is 6.07. The Morgan fingerprint density at radius 3 is 2.42 bits per heavy atom. The highest BCUT2D eigenvalue weighted by Crippen LogP contribution is 2.27. The average molecular weight is 543 g/mol. The van der Waals surface area contributed by atoms with Gasteiger partial charge < -0.3 is 20.3 Å². The van der Waals surface area contributed by atoms with Crippen molar-refractivity contribution >= 4 is 33.1 Å². The molecule has 1 aromatic carbocycles. The molecule has 2 N–H and O–H groups in total. The number of sulfonamides is 1. The molecule has 12 nitrogen and oxygen atoms in total. The fourth-order valence-electron chi connectivity index (χ4n) is 4.77. The standard InChI is InChI=1S/C25H34N8O4S/c1-3-26-25(34)27-21-6-4-20(5-7-21)23-28-24(31-12-14-37-15-13-31)22-16-19(18-33(22)29-23)17-30-8-10-32(11-9-30)38(2,35)36/h4-7,16,18H,3,8-15,17H2,1-2H3,(H2,26,27,34). The van der Waals surface area contributed by atoms with Crippen LogP contribution in [0.3, 0.4) is 0 Å². The number of amides is 2. The van der Waals surface area contributed by atoms with Crippen LogP contribution in [0.15, 0.2) is 36.5 Å². The lowest BCUT2D eigenvalue weighted by atomic mass is 10.2. The van der Waals surface area contributed by atoms with Crippen molar-refractivity contribution in [1.82, 2.24) is 29.1 Å². The van der Waals surface area contributed by atoms with Gasteiger partial charge in [-0.05, 0) is 42.8 Å². The highest BCUT2D eigenvalue weighted by molar-refractivity contribution is 7.88. The quantitative estimate of drug-likeness (QED) is 0.460. The van der Waals surface area contributed by atoms with Gasteiger partial charge in [-0.15, -0.1) is 5.10 Å². The van der Waals surface area contributed by atoms with Gasteiger partial charge in [0.2, 0.25) is 10.0 Å². The minimum absolute atomic E-state index is 0.245. The molecule has 2 amide bonds. The number of fused-ring (bicyclic) bond motifs is 1. The van der Waals surface area contributed by atoms with Gasteiger partial charge in [-0.1, -0.05) is 0 Å². The highest BCUT2D eigenvalue weighted by atomic mass is 32.2. The first kappa shape index (κ1) is 26.4. The fraction of sp³-hybridized carbons (Fsp3) is 0.480. The van der Waals surface area contributed by atoms with E-state index in [1.165, 1.54) is 10.6 Å². The predicted octanol–water partition coefficient (Wildman–Crippen LogP) is 1.45. The number of nitrogens with one attached hydrogen (secondary N) is 2. The van der Waals surface area contributed by atoms with E-state index in [-0.39, 0.29) is 6.03 Å². The summed E-state index contributed by atoms with van der Waals surface area (Å²) >= 11 is 0. The molecule has 4 heterocycles. The van der Waals surface area contributed by atoms with Gasteiger partial charge in [0.05, 0.1) is 19.5 Å². The number of hydrogen-bond donors (Lipinski definition) is 2. The largest absolute Gasteiger partial charge is 0.378 e. The molecule has 2 aliphatic rings. The third-order valence-electron chi connectivity index (χ3n) is 6.76. The van der Waals surface area contributed by atoms with Gasteiger partial charge in [0, 0.05) is 69.8 Å². The number of urea groups is 1. The van der Waals surface area contributed by atoms with E-state index in [4.69, 9.17) is 14.8 Å². The first-order valence-electron chi connectivity index (χ1n) is 12.8. The highest BCUT2D eigenvalue weighted by Gasteiger charge is 2.24. The second-order valence-electron chi connectivity index (χ2n) is 9.54. The second-order valence-corrected chi connectivity index (χ2v) is 11.5.